The lowest BCUT2D eigenvalue weighted by atomic mass is 10.2. The van der Waals surface area contributed by atoms with Crippen molar-refractivity contribution in [2.24, 2.45) is 0 Å². The van der Waals surface area contributed by atoms with Crippen molar-refractivity contribution >= 4 is 23.5 Å². The molecule has 0 radical (unpaired) electrons. The molecular formula is C12H13ClO5. The average molecular weight is 273 g/mol. The molecule has 18 heavy (non-hydrogen) atoms. The number of carboxylic acid groups (broad SMARTS) is 1. The summed E-state index contributed by atoms with van der Waals surface area (Å²) in [4.78, 5) is 22.4. The SMILES string of the molecule is CCOC(=O)C(C)Oc1c(Cl)cccc1C(=O)O. The van der Waals surface area contributed by atoms with Crippen molar-refractivity contribution in [2.45, 2.75) is 20.0 Å². The highest BCUT2D eigenvalue weighted by Gasteiger charge is 2.21. The molecule has 0 aromatic heterocycles. The molecular weight excluding hydrogens is 260 g/mol. The van der Waals surface area contributed by atoms with E-state index in [1.165, 1.54) is 25.1 Å². The van der Waals surface area contributed by atoms with E-state index >= 15 is 0 Å². The van der Waals surface area contributed by atoms with Gasteiger partial charge in [-0.2, -0.15) is 0 Å². The van der Waals surface area contributed by atoms with E-state index in [-0.39, 0.29) is 22.9 Å². The fraction of sp³-hybridized carbons (Fsp3) is 0.333. The predicted molar refractivity (Wildman–Crippen MR) is 65.1 cm³/mol. The lowest BCUT2D eigenvalue weighted by molar-refractivity contribution is -0.150. The molecule has 1 atom stereocenters. The molecule has 0 bridgehead atoms. The topological polar surface area (TPSA) is 72.8 Å². The smallest absolute Gasteiger partial charge is 0.347 e. The number of hydrogen-bond donors (Lipinski definition) is 1. The van der Waals surface area contributed by atoms with Gasteiger partial charge < -0.3 is 14.6 Å². The fourth-order valence-corrected chi connectivity index (χ4v) is 1.50. The third-order valence-electron chi connectivity index (χ3n) is 2.11. The van der Waals surface area contributed by atoms with E-state index in [1.807, 2.05) is 0 Å². The second-order valence-electron chi connectivity index (χ2n) is 3.43. The minimum Gasteiger partial charge on any atom is -0.478 e. The zero-order valence-electron chi connectivity index (χ0n) is 9.97. The highest BCUT2D eigenvalue weighted by Crippen LogP contribution is 2.29. The van der Waals surface area contributed by atoms with Crippen molar-refractivity contribution < 1.29 is 24.2 Å². The van der Waals surface area contributed by atoms with Crippen LogP contribution in [0.5, 0.6) is 5.75 Å². The van der Waals surface area contributed by atoms with Crippen molar-refractivity contribution in [2.75, 3.05) is 6.61 Å². The monoisotopic (exact) mass is 272 g/mol. The van der Waals surface area contributed by atoms with E-state index in [1.54, 1.807) is 6.92 Å². The van der Waals surface area contributed by atoms with Crippen LogP contribution in [0.2, 0.25) is 5.02 Å². The summed E-state index contributed by atoms with van der Waals surface area (Å²) in [6.45, 7) is 3.36. The molecule has 0 amide bonds. The van der Waals surface area contributed by atoms with Crippen LogP contribution in [0.3, 0.4) is 0 Å². The Morgan fingerprint density at radius 1 is 1.44 bits per heavy atom. The molecule has 1 aromatic rings. The second kappa shape index (κ2) is 6.26. The first kappa shape index (κ1) is 14.3. The maximum Gasteiger partial charge on any atom is 0.347 e. The standard InChI is InChI=1S/C12H13ClO5/c1-3-17-12(16)7(2)18-10-8(11(14)15)5-4-6-9(10)13/h4-7H,3H2,1-2H3,(H,14,15). The second-order valence-corrected chi connectivity index (χ2v) is 3.84. The Hall–Kier alpha value is -1.75. The van der Waals surface area contributed by atoms with Gasteiger partial charge in [0.2, 0.25) is 0 Å². The Labute approximate surface area is 109 Å². The van der Waals surface area contributed by atoms with Gasteiger partial charge in [-0.3, -0.25) is 0 Å². The average Bonchev–Trinajstić information content (AvgIpc) is 2.31. The molecule has 0 aliphatic carbocycles. The molecule has 1 aromatic carbocycles. The van der Waals surface area contributed by atoms with Gasteiger partial charge in [0.25, 0.3) is 0 Å². The van der Waals surface area contributed by atoms with Crippen LogP contribution < -0.4 is 4.74 Å². The van der Waals surface area contributed by atoms with Gasteiger partial charge in [0.1, 0.15) is 5.56 Å². The van der Waals surface area contributed by atoms with Gasteiger partial charge in [-0.05, 0) is 26.0 Å². The minimum absolute atomic E-state index is 0.0350. The minimum atomic E-state index is -1.18. The lowest BCUT2D eigenvalue weighted by Gasteiger charge is -2.15. The van der Waals surface area contributed by atoms with Crippen molar-refractivity contribution in [3.05, 3.63) is 28.8 Å². The summed E-state index contributed by atoms with van der Waals surface area (Å²) in [5.74, 6) is -1.79. The molecule has 0 saturated heterocycles. The normalized spacial score (nSPS) is 11.7. The van der Waals surface area contributed by atoms with Gasteiger partial charge in [-0.1, -0.05) is 17.7 Å². The number of aromatic carboxylic acids is 1. The Kier molecular flexibility index (Phi) is 4.97. The van der Waals surface area contributed by atoms with E-state index in [2.05, 4.69) is 0 Å². The van der Waals surface area contributed by atoms with Gasteiger partial charge in [0.05, 0.1) is 11.6 Å². The van der Waals surface area contributed by atoms with Crippen molar-refractivity contribution in [3.63, 3.8) is 0 Å². The molecule has 0 aliphatic heterocycles. The predicted octanol–water partition coefficient (Wildman–Crippen LogP) is 2.37. The van der Waals surface area contributed by atoms with Gasteiger partial charge >= 0.3 is 11.9 Å². The van der Waals surface area contributed by atoms with Crippen LogP contribution in [0, 0.1) is 0 Å². The van der Waals surface area contributed by atoms with Crippen LogP contribution in [0.15, 0.2) is 18.2 Å². The summed E-state index contributed by atoms with van der Waals surface area (Å²) in [6.07, 6.45) is -0.928. The molecule has 0 aliphatic rings. The van der Waals surface area contributed by atoms with Gasteiger partial charge in [0, 0.05) is 0 Å². The first-order chi connectivity index (χ1) is 8.47. The maximum absolute atomic E-state index is 11.4. The van der Waals surface area contributed by atoms with E-state index in [0.717, 1.165) is 0 Å². The summed E-state index contributed by atoms with van der Waals surface area (Å²) >= 11 is 5.86. The number of rotatable bonds is 5. The largest absolute Gasteiger partial charge is 0.478 e. The molecule has 5 nitrogen and oxygen atoms in total. The van der Waals surface area contributed by atoms with Gasteiger partial charge in [-0.15, -0.1) is 0 Å². The highest BCUT2D eigenvalue weighted by atomic mass is 35.5. The van der Waals surface area contributed by atoms with Crippen LogP contribution in [0.1, 0.15) is 24.2 Å². The first-order valence-corrected chi connectivity index (χ1v) is 5.70. The Bertz CT molecular complexity index is 458. The van der Waals surface area contributed by atoms with Crippen molar-refractivity contribution in [3.8, 4) is 5.75 Å². The molecule has 1 rings (SSSR count). The van der Waals surface area contributed by atoms with E-state index in [4.69, 9.17) is 26.2 Å². The number of para-hydroxylation sites is 1. The summed E-state index contributed by atoms with van der Waals surface area (Å²) in [7, 11) is 0. The zero-order valence-corrected chi connectivity index (χ0v) is 10.7. The number of halogens is 1. The molecule has 0 heterocycles. The summed E-state index contributed by atoms with van der Waals surface area (Å²) in [6, 6.07) is 4.33. The number of carboxylic acids is 1. The molecule has 0 fully saturated rings. The highest BCUT2D eigenvalue weighted by molar-refractivity contribution is 6.32. The van der Waals surface area contributed by atoms with Crippen molar-refractivity contribution in [1.29, 1.82) is 0 Å². The molecule has 6 heteroatoms. The van der Waals surface area contributed by atoms with E-state index in [0.29, 0.717) is 0 Å². The number of carbonyl (C=O) groups is 2. The Morgan fingerprint density at radius 3 is 2.67 bits per heavy atom. The maximum atomic E-state index is 11.4. The Morgan fingerprint density at radius 2 is 2.11 bits per heavy atom. The quantitative estimate of drug-likeness (QED) is 0.833. The number of hydrogen-bond acceptors (Lipinski definition) is 4. The summed E-state index contributed by atoms with van der Waals surface area (Å²) in [5, 5.41) is 9.12. The number of carbonyl (C=O) groups excluding carboxylic acids is 1. The number of esters is 1. The summed E-state index contributed by atoms with van der Waals surface area (Å²) < 4.78 is 10.0. The lowest BCUT2D eigenvalue weighted by Crippen LogP contribution is -2.26. The third-order valence-corrected chi connectivity index (χ3v) is 2.41. The Balaban J connectivity index is 2.96. The van der Waals surface area contributed by atoms with Crippen LogP contribution in [-0.4, -0.2) is 29.8 Å². The fourth-order valence-electron chi connectivity index (χ4n) is 1.28. The summed E-state index contributed by atoms with van der Waals surface area (Å²) in [5.41, 5.74) is -0.0985. The van der Waals surface area contributed by atoms with Crippen LogP contribution in [0.4, 0.5) is 0 Å². The van der Waals surface area contributed by atoms with Gasteiger partial charge in [0.15, 0.2) is 11.9 Å². The number of benzene rings is 1. The molecule has 98 valence electrons. The van der Waals surface area contributed by atoms with Crippen LogP contribution in [0.25, 0.3) is 0 Å². The van der Waals surface area contributed by atoms with Crippen LogP contribution >= 0.6 is 11.6 Å². The van der Waals surface area contributed by atoms with E-state index < -0.39 is 18.0 Å². The molecule has 1 unspecified atom stereocenters. The molecule has 0 spiro atoms. The van der Waals surface area contributed by atoms with Crippen LogP contribution in [-0.2, 0) is 9.53 Å². The first-order valence-electron chi connectivity index (χ1n) is 5.32. The molecule has 0 saturated carbocycles. The number of ether oxygens (including phenoxy) is 2. The van der Waals surface area contributed by atoms with Gasteiger partial charge in [-0.25, -0.2) is 9.59 Å². The zero-order chi connectivity index (χ0) is 13.7. The molecule has 1 N–H and O–H groups in total. The third kappa shape index (κ3) is 3.37. The van der Waals surface area contributed by atoms with E-state index in [9.17, 15) is 9.59 Å². The van der Waals surface area contributed by atoms with Crippen molar-refractivity contribution in [1.82, 2.24) is 0 Å².